The third kappa shape index (κ3) is 7.28. The first-order chi connectivity index (χ1) is 9.17. The van der Waals surface area contributed by atoms with Gasteiger partial charge in [0.25, 0.3) is 0 Å². The first-order valence-corrected chi connectivity index (χ1v) is 7.44. The molecule has 0 saturated heterocycles. The van der Waals surface area contributed by atoms with Gasteiger partial charge in [-0.25, -0.2) is 8.78 Å². The molecule has 1 aromatic rings. The molecule has 0 aliphatic rings. The van der Waals surface area contributed by atoms with E-state index in [-0.39, 0.29) is 36.1 Å². The zero-order valence-corrected chi connectivity index (χ0v) is 14.7. The Kier molecular flexibility index (Phi) is 10.8. The Morgan fingerprint density at radius 2 is 2.05 bits per heavy atom. The van der Waals surface area contributed by atoms with Crippen molar-refractivity contribution in [2.75, 3.05) is 25.6 Å². The van der Waals surface area contributed by atoms with Crippen LogP contribution in [0.3, 0.4) is 0 Å². The van der Waals surface area contributed by atoms with Crippen LogP contribution in [0.1, 0.15) is 12.0 Å². The lowest BCUT2D eigenvalue weighted by molar-refractivity contribution is 0.581. The molecule has 114 valence electrons. The lowest BCUT2D eigenvalue weighted by atomic mass is 10.2. The number of aliphatic imine (C=N–C) groups is 1. The number of nitrogens with one attached hydrogen (secondary N) is 2. The van der Waals surface area contributed by atoms with E-state index in [4.69, 9.17) is 0 Å². The van der Waals surface area contributed by atoms with E-state index in [0.29, 0.717) is 5.96 Å². The molecule has 0 radical (unpaired) electrons. The molecule has 20 heavy (non-hydrogen) atoms. The Labute approximate surface area is 140 Å². The van der Waals surface area contributed by atoms with Crippen molar-refractivity contribution in [3.8, 4) is 0 Å². The molecule has 0 aromatic heterocycles. The summed E-state index contributed by atoms with van der Waals surface area (Å²) in [7, 11) is 1.64. The average molecular weight is 415 g/mol. The van der Waals surface area contributed by atoms with Crippen molar-refractivity contribution in [3.05, 3.63) is 35.4 Å². The number of benzene rings is 1. The third-order valence-corrected chi connectivity index (χ3v) is 3.19. The van der Waals surface area contributed by atoms with Crippen LogP contribution in [0, 0.1) is 11.6 Å². The summed E-state index contributed by atoms with van der Waals surface area (Å²) in [6.07, 6.45) is 3.08. The average Bonchev–Trinajstić information content (AvgIpc) is 2.41. The van der Waals surface area contributed by atoms with Gasteiger partial charge in [0, 0.05) is 25.7 Å². The minimum atomic E-state index is -0.443. The summed E-state index contributed by atoms with van der Waals surface area (Å²) in [5.74, 6) is 0.792. The molecule has 0 spiro atoms. The minimum Gasteiger partial charge on any atom is -0.356 e. The summed E-state index contributed by atoms with van der Waals surface area (Å²) >= 11 is 1.78. The second-order valence-electron chi connectivity index (χ2n) is 3.93. The number of halogens is 3. The highest BCUT2D eigenvalue weighted by Gasteiger charge is 2.04. The highest BCUT2D eigenvalue weighted by molar-refractivity contribution is 14.0. The van der Waals surface area contributed by atoms with Crippen molar-refractivity contribution in [2.24, 2.45) is 4.99 Å². The number of thioether (sulfide) groups is 1. The van der Waals surface area contributed by atoms with E-state index in [0.717, 1.165) is 30.9 Å². The van der Waals surface area contributed by atoms with Crippen molar-refractivity contribution in [2.45, 2.75) is 13.0 Å². The lowest BCUT2D eigenvalue weighted by Crippen LogP contribution is -2.37. The number of nitrogens with zero attached hydrogens (tertiary/aromatic N) is 1. The number of hydrogen-bond acceptors (Lipinski definition) is 2. The molecule has 2 N–H and O–H groups in total. The molecule has 0 aliphatic heterocycles. The van der Waals surface area contributed by atoms with E-state index in [1.165, 1.54) is 6.07 Å². The van der Waals surface area contributed by atoms with Crippen LogP contribution in [-0.2, 0) is 6.54 Å². The van der Waals surface area contributed by atoms with Crippen LogP contribution in [0.5, 0.6) is 0 Å². The molecule has 0 bridgehead atoms. The molecule has 0 fully saturated rings. The quantitative estimate of drug-likeness (QED) is 0.325. The number of rotatable bonds is 6. The van der Waals surface area contributed by atoms with E-state index < -0.39 is 11.6 Å². The predicted molar refractivity (Wildman–Crippen MR) is 93.0 cm³/mol. The molecule has 1 aromatic carbocycles. The van der Waals surface area contributed by atoms with Gasteiger partial charge in [0.05, 0.1) is 0 Å². The fraction of sp³-hybridized carbons (Fsp3) is 0.462. The van der Waals surface area contributed by atoms with Gasteiger partial charge in [-0.1, -0.05) is 0 Å². The standard InChI is InChI=1S/C13H19F2N3S.HI/c1-16-13(17-6-3-7-19-2)18-9-10-8-11(14)4-5-12(10)15;/h4-5,8H,3,6-7,9H2,1-2H3,(H2,16,17,18);1H. The predicted octanol–water partition coefficient (Wildman–Crippen LogP) is 3.00. The lowest BCUT2D eigenvalue weighted by Gasteiger charge is -2.12. The third-order valence-electron chi connectivity index (χ3n) is 2.50. The van der Waals surface area contributed by atoms with E-state index in [2.05, 4.69) is 21.9 Å². The highest BCUT2D eigenvalue weighted by atomic mass is 127. The second kappa shape index (κ2) is 11.1. The molecule has 0 aliphatic carbocycles. The smallest absolute Gasteiger partial charge is 0.191 e. The summed E-state index contributed by atoms with van der Waals surface area (Å²) in [6, 6.07) is 3.42. The topological polar surface area (TPSA) is 36.4 Å². The molecular formula is C13H20F2IN3S. The summed E-state index contributed by atoms with van der Waals surface area (Å²) < 4.78 is 26.4. The monoisotopic (exact) mass is 415 g/mol. The van der Waals surface area contributed by atoms with Gasteiger partial charge in [-0.15, -0.1) is 24.0 Å². The normalized spacial score (nSPS) is 10.9. The summed E-state index contributed by atoms with van der Waals surface area (Å²) in [4.78, 5) is 4.02. The van der Waals surface area contributed by atoms with E-state index in [1.54, 1.807) is 18.8 Å². The van der Waals surface area contributed by atoms with Crippen molar-refractivity contribution in [3.63, 3.8) is 0 Å². The van der Waals surface area contributed by atoms with Gasteiger partial charge in [-0.05, 0) is 36.6 Å². The number of guanidine groups is 1. The number of hydrogen-bond donors (Lipinski definition) is 2. The van der Waals surface area contributed by atoms with Crippen molar-refractivity contribution in [1.29, 1.82) is 0 Å². The molecule has 0 heterocycles. The van der Waals surface area contributed by atoms with Gasteiger partial charge in [0.15, 0.2) is 5.96 Å². The highest BCUT2D eigenvalue weighted by Crippen LogP contribution is 2.08. The fourth-order valence-corrected chi connectivity index (χ4v) is 1.93. The van der Waals surface area contributed by atoms with Gasteiger partial charge in [-0.2, -0.15) is 11.8 Å². The maximum atomic E-state index is 13.4. The molecule has 0 saturated carbocycles. The largest absolute Gasteiger partial charge is 0.356 e. The van der Waals surface area contributed by atoms with Crippen molar-refractivity contribution >= 4 is 41.7 Å². The van der Waals surface area contributed by atoms with Crippen LogP contribution in [0.2, 0.25) is 0 Å². The zero-order valence-electron chi connectivity index (χ0n) is 11.6. The summed E-state index contributed by atoms with van der Waals surface area (Å²) in [6.45, 7) is 0.998. The van der Waals surface area contributed by atoms with Crippen LogP contribution >= 0.6 is 35.7 Å². The molecule has 0 amide bonds. The van der Waals surface area contributed by atoms with Crippen LogP contribution in [0.15, 0.2) is 23.2 Å². The fourth-order valence-electron chi connectivity index (χ4n) is 1.50. The van der Waals surface area contributed by atoms with Crippen LogP contribution < -0.4 is 10.6 Å². The van der Waals surface area contributed by atoms with E-state index in [9.17, 15) is 8.78 Å². The second-order valence-corrected chi connectivity index (χ2v) is 4.92. The van der Waals surface area contributed by atoms with Crippen LogP contribution in [0.4, 0.5) is 8.78 Å². The molecule has 3 nitrogen and oxygen atoms in total. The molecule has 1 rings (SSSR count). The maximum Gasteiger partial charge on any atom is 0.191 e. The Balaban J connectivity index is 0.00000361. The Bertz CT molecular complexity index is 430. The van der Waals surface area contributed by atoms with Crippen LogP contribution in [-0.4, -0.2) is 31.6 Å². The summed E-state index contributed by atoms with van der Waals surface area (Å²) in [5.41, 5.74) is 0.284. The molecule has 7 heteroatoms. The van der Waals surface area contributed by atoms with Crippen molar-refractivity contribution < 1.29 is 8.78 Å². The van der Waals surface area contributed by atoms with Gasteiger partial charge in [-0.3, -0.25) is 4.99 Å². The Morgan fingerprint density at radius 1 is 1.30 bits per heavy atom. The van der Waals surface area contributed by atoms with Gasteiger partial charge in [0.2, 0.25) is 0 Å². The SMILES string of the molecule is CN=C(NCCCSC)NCc1cc(F)ccc1F.I. The van der Waals surface area contributed by atoms with E-state index in [1.807, 2.05) is 0 Å². The van der Waals surface area contributed by atoms with Gasteiger partial charge < -0.3 is 10.6 Å². The first-order valence-electron chi connectivity index (χ1n) is 6.04. The van der Waals surface area contributed by atoms with Crippen molar-refractivity contribution in [1.82, 2.24) is 10.6 Å². The van der Waals surface area contributed by atoms with Crippen LogP contribution in [0.25, 0.3) is 0 Å². The van der Waals surface area contributed by atoms with Gasteiger partial charge in [0.1, 0.15) is 11.6 Å². The minimum absolute atomic E-state index is 0. The summed E-state index contributed by atoms with van der Waals surface area (Å²) in [5, 5.41) is 6.07. The Morgan fingerprint density at radius 3 is 2.70 bits per heavy atom. The molecule has 0 atom stereocenters. The Hall–Kier alpha value is -0.570. The molecular weight excluding hydrogens is 395 g/mol. The maximum absolute atomic E-state index is 13.4. The van der Waals surface area contributed by atoms with E-state index >= 15 is 0 Å². The first kappa shape index (κ1) is 19.4. The van der Waals surface area contributed by atoms with Gasteiger partial charge >= 0.3 is 0 Å². The zero-order chi connectivity index (χ0) is 14.1. The molecule has 0 unspecified atom stereocenters.